The van der Waals surface area contributed by atoms with Crippen LogP contribution in [0.4, 0.5) is 5.69 Å². The molecule has 0 unspecified atom stereocenters. The predicted molar refractivity (Wildman–Crippen MR) is 135 cm³/mol. The number of anilines is 1. The number of hydrogen-bond donors (Lipinski definition) is 1. The monoisotopic (exact) mass is 463 g/mol. The molecule has 0 saturated heterocycles. The van der Waals surface area contributed by atoms with Crippen molar-refractivity contribution < 1.29 is 14.3 Å². The molecule has 34 heavy (non-hydrogen) atoms. The zero-order chi connectivity index (χ0) is 23.8. The lowest BCUT2D eigenvalue weighted by Gasteiger charge is -2.58. The lowest BCUT2D eigenvalue weighted by Crippen LogP contribution is -2.51. The van der Waals surface area contributed by atoms with Crippen LogP contribution < -0.4 is 10.1 Å². The fourth-order valence-electron chi connectivity index (χ4n) is 9.69. The molecule has 1 aromatic carbocycles. The van der Waals surface area contributed by atoms with E-state index in [-0.39, 0.29) is 17.5 Å². The van der Waals surface area contributed by atoms with Crippen molar-refractivity contribution in [3.63, 3.8) is 0 Å². The molecule has 1 N–H and O–H groups in total. The summed E-state index contributed by atoms with van der Waals surface area (Å²) in [5.41, 5.74) is 5.00. The molecule has 0 aromatic heterocycles. The Morgan fingerprint density at radius 2 is 1.97 bits per heavy atom. The van der Waals surface area contributed by atoms with E-state index in [1.165, 1.54) is 36.9 Å². The smallest absolute Gasteiger partial charge is 0.302 e. The molecule has 0 radical (unpaired) electrons. The van der Waals surface area contributed by atoms with Gasteiger partial charge in [-0.25, -0.2) is 0 Å². The number of carbonyl (C=O) groups excluding carboxylic acids is 1. The predicted octanol–water partition coefficient (Wildman–Crippen LogP) is 6.71. The van der Waals surface area contributed by atoms with Gasteiger partial charge in [0.15, 0.2) is 0 Å². The van der Waals surface area contributed by atoms with Crippen molar-refractivity contribution in [2.24, 2.45) is 34.5 Å². The van der Waals surface area contributed by atoms with E-state index in [2.05, 4.69) is 50.4 Å². The molecule has 6 rings (SSSR count). The van der Waals surface area contributed by atoms with Gasteiger partial charge in [-0.05, 0) is 103 Å². The highest BCUT2D eigenvalue weighted by Crippen LogP contribution is 2.69. The molecule has 4 nitrogen and oxygen atoms in total. The highest BCUT2D eigenvalue weighted by molar-refractivity contribution is 5.66. The minimum Gasteiger partial charge on any atom is -0.497 e. The molecule has 3 fully saturated rings. The minimum absolute atomic E-state index is 0.0807. The lowest BCUT2D eigenvalue weighted by molar-refractivity contribution is -0.148. The molecule has 0 bridgehead atoms. The van der Waals surface area contributed by atoms with Crippen molar-refractivity contribution in [3.8, 4) is 5.75 Å². The van der Waals surface area contributed by atoms with Gasteiger partial charge in [0.2, 0.25) is 0 Å². The van der Waals surface area contributed by atoms with E-state index in [1.807, 2.05) is 0 Å². The first-order valence-electron chi connectivity index (χ1n) is 13.6. The van der Waals surface area contributed by atoms with Crippen LogP contribution in [0, 0.1) is 34.5 Å². The van der Waals surface area contributed by atoms with Gasteiger partial charge in [-0.1, -0.05) is 32.4 Å². The third kappa shape index (κ3) is 3.12. The zero-order valence-electron chi connectivity index (χ0n) is 21.5. The molecule has 4 aliphatic carbocycles. The van der Waals surface area contributed by atoms with Crippen molar-refractivity contribution in [2.75, 3.05) is 12.4 Å². The average Bonchev–Trinajstić information content (AvgIpc) is 3.11. The molecule has 0 amide bonds. The lowest BCUT2D eigenvalue weighted by atomic mass is 9.47. The van der Waals surface area contributed by atoms with E-state index in [0.717, 1.165) is 42.8 Å². The molecule has 4 heteroatoms. The molecule has 1 aliphatic heterocycles. The van der Waals surface area contributed by atoms with E-state index in [9.17, 15) is 4.79 Å². The van der Waals surface area contributed by atoms with Crippen molar-refractivity contribution in [1.29, 1.82) is 0 Å². The quantitative estimate of drug-likeness (QED) is 0.391. The summed E-state index contributed by atoms with van der Waals surface area (Å²) in [4.78, 5) is 11.6. The third-order valence-corrected chi connectivity index (χ3v) is 11.2. The Bertz CT molecular complexity index is 1030. The summed E-state index contributed by atoms with van der Waals surface area (Å²) in [6.07, 6.45) is 10.9. The summed E-state index contributed by atoms with van der Waals surface area (Å²) in [6, 6.07) is 7.16. The van der Waals surface area contributed by atoms with Gasteiger partial charge in [0.05, 0.1) is 7.11 Å². The minimum atomic E-state index is -0.134. The summed E-state index contributed by atoms with van der Waals surface area (Å²) in [6.45, 7) is 9.17. The van der Waals surface area contributed by atoms with E-state index < -0.39 is 0 Å². The molecule has 5 aliphatic rings. The van der Waals surface area contributed by atoms with Gasteiger partial charge in [0.25, 0.3) is 0 Å². The summed E-state index contributed by atoms with van der Waals surface area (Å²) in [5.74, 6) is 4.37. The van der Waals surface area contributed by atoms with Gasteiger partial charge in [0, 0.05) is 25.1 Å². The number of esters is 1. The summed E-state index contributed by atoms with van der Waals surface area (Å²) in [7, 11) is 1.77. The second kappa shape index (κ2) is 7.77. The molecule has 9 atom stereocenters. The van der Waals surface area contributed by atoms with Gasteiger partial charge in [-0.15, -0.1) is 0 Å². The Morgan fingerprint density at radius 1 is 1.15 bits per heavy atom. The maximum absolute atomic E-state index is 11.6. The van der Waals surface area contributed by atoms with Crippen LogP contribution in [0.1, 0.15) is 84.1 Å². The molecule has 3 saturated carbocycles. The van der Waals surface area contributed by atoms with Gasteiger partial charge < -0.3 is 14.8 Å². The first-order chi connectivity index (χ1) is 16.2. The fourth-order valence-corrected chi connectivity index (χ4v) is 9.69. The highest BCUT2D eigenvalue weighted by atomic mass is 16.5. The number of rotatable bonds is 2. The number of allylic oxidation sites excluding steroid dienone is 1. The van der Waals surface area contributed by atoms with Crippen LogP contribution in [0.15, 0.2) is 29.8 Å². The third-order valence-electron chi connectivity index (χ3n) is 11.2. The SMILES string of the molecule is COc1ccc2c(c1)[C@@H](C)[C@H]1[C@@H](C[C@H]3[C@@H]4CC=C5C[C@@H](OC(C)=O)CC[C@]5(C)[C@H]4CC[C@]13C)N2. The summed E-state index contributed by atoms with van der Waals surface area (Å²) >= 11 is 0. The fraction of sp³-hybridized carbons (Fsp3) is 0.700. The second-order valence-electron chi connectivity index (χ2n) is 12.5. The van der Waals surface area contributed by atoms with Crippen LogP contribution >= 0.6 is 0 Å². The second-order valence-corrected chi connectivity index (χ2v) is 12.5. The Morgan fingerprint density at radius 3 is 2.74 bits per heavy atom. The van der Waals surface area contributed by atoms with Crippen LogP contribution in [0.2, 0.25) is 0 Å². The number of hydrogen-bond acceptors (Lipinski definition) is 4. The maximum atomic E-state index is 11.6. The van der Waals surface area contributed by atoms with Crippen molar-refractivity contribution in [2.45, 2.75) is 90.7 Å². The maximum Gasteiger partial charge on any atom is 0.302 e. The van der Waals surface area contributed by atoms with E-state index >= 15 is 0 Å². The van der Waals surface area contributed by atoms with Gasteiger partial charge in [-0.3, -0.25) is 4.79 Å². The number of fused-ring (bicyclic) bond motifs is 8. The number of methoxy groups -OCH3 is 1. The number of benzene rings is 1. The number of ether oxygens (including phenoxy) is 2. The van der Waals surface area contributed by atoms with E-state index in [4.69, 9.17) is 9.47 Å². The molecular formula is C30H41NO3. The molecule has 1 aromatic rings. The van der Waals surface area contributed by atoms with Crippen molar-refractivity contribution >= 4 is 11.7 Å². The van der Waals surface area contributed by atoms with Crippen LogP contribution in [-0.4, -0.2) is 25.2 Å². The van der Waals surface area contributed by atoms with Crippen molar-refractivity contribution in [1.82, 2.24) is 0 Å². The Hall–Kier alpha value is -1.97. The Balaban J connectivity index is 1.29. The normalized spacial score (nSPS) is 44.3. The van der Waals surface area contributed by atoms with Crippen LogP contribution in [-0.2, 0) is 9.53 Å². The summed E-state index contributed by atoms with van der Waals surface area (Å²) < 4.78 is 11.2. The largest absolute Gasteiger partial charge is 0.497 e. The Labute approximate surface area is 204 Å². The van der Waals surface area contributed by atoms with Crippen LogP contribution in [0.3, 0.4) is 0 Å². The molecular weight excluding hydrogens is 422 g/mol. The van der Waals surface area contributed by atoms with Gasteiger partial charge in [0.1, 0.15) is 11.9 Å². The standard InChI is InChI=1S/C30H41NO3/c1-17-23-15-20(33-5)7-9-26(23)31-27-16-25-22-8-6-19-14-21(34-18(2)32)10-12-29(19,3)24(22)11-13-30(25,4)28(17)27/h6-7,9,15,17,21-22,24-25,27-28,31H,8,10-14,16H2,1-5H3/t17-,21+,22-,24+,25+,27-,28+,29+,30+/m1/s1. The first kappa shape index (κ1) is 22.5. The van der Waals surface area contributed by atoms with E-state index in [0.29, 0.717) is 23.3 Å². The first-order valence-corrected chi connectivity index (χ1v) is 13.6. The molecule has 1 heterocycles. The number of carbonyl (C=O) groups is 1. The average molecular weight is 464 g/mol. The van der Waals surface area contributed by atoms with Crippen LogP contribution in [0.25, 0.3) is 0 Å². The Kier molecular flexibility index (Phi) is 5.14. The van der Waals surface area contributed by atoms with Crippen molar-refractivity contribution in [3.05, 3.63) is 35.4 Å². The topological polar surface area (TPSA) is 47.6 Å². The molecule has 0 spiro atoms. The molecule has 184 valence electrons. The number of nitrogens with one attached hydrogen (secondary N) is 1. The van der Waals surface area contributed by atoms with Gasteiger partial charge >= 0.3 is 5.97 Å². The van der Waals surface area contributed by atoms with Crippen LogP contribution in [0.5, 0.6) is 5.75 Å². The van der Waals surface area contributed by atoms with Gasteiger partial charge in [-0.2, -0.15) is 0 Å². The zero-order valence-corrected chi connectivity index (χ0v) is 21.5. The summed E-state index contributed by atoms with van der Waals surface area (Å²) in [5, 5.41) is 3.99. The highest BCUT2D eigenvalue weighted by Gasteiger charge is 2.63. The van der Waals surface area contributed by atoms with E-state index in [1.54, 1.807) is 19.6 Å².